The Morgan fingerprint density at radius 2 is 1.88 bits per heavy atom. The number of benzene rings is 1. The van der Waals surface area contributed by atoms with Gasteiger partial charge in [0.2, 0.25) is 17.7 Å². The highest BCUT2D eigenvalue weighted by Crippen LogP contribution is 2.46. The maximum absolute atomic E-state index is 12.2. The number of nitrogens with two attached hydrogens (primary N) is 1. The number of aromatic hydroxyl groups is 1. The molecule has 0 unspecified atom stereocenters. The number of nitrogens with zero attached hydrogens (tertiary/aromatic N) is 2. The Balaban J connectivity index is 1.70. The minimum atomic E-state index is -0.301. The van der Waals surface area contributed by atoms with Gasteiger partial charge in [-0.3, -0.25) is 19.3 Å². The van der Waals surface area contributed by atoms with E-state index in [0.717, 1.165) is 31.8 Å². The predicted octanol–water partition coefficient (Wildman–Crippen LogP) is 3.56. The number of aromatic nitrogens is 1. The van der Waals surface area contributed by atoms with Gasteiger partial charge in [-0.2, -0.15) is 0 Å². The summed E-state index contributed by atoms with van der Waals surface area (Å²) in [5, 5.41) is 11.1. The van der Waals surface area contributed by atoms with Crippen LogP contribution >= 0.6 is 22.9 Å². The molecule has 3 amide bonds. The van der Waals surface area contributed by atoms with Crippen molar-refractivity contribution in [1.82, 2.24) is 9.88 Å². The molecule has 1 aromatic carbocycles. The molecule has 0 saturated carbocycles. The van der Waals surface area contributed by atoms with Crippen molar-refractivity contribution in [3.05, 3.63) is 45.4 Å². The molecule has 1 fully saturated rings. The van der Waals surface area contributed by atoms with Gasteiger partial charge in [-0.05, 0) is 42.5 Å². The highest BCUT2D eigenvalue weighted by atomic mass is 35.5. The normalized spacial score (nSPS) is 18.4. The van der Waals surface area contributed by atoms with Crippen LogP contribution in [0.2, 0.25) is 5.02 Å². The summed E-state index contributed by atoms with van der Waals surface area (Å²) in [5.74, 6) is -0.824. The summed E-state index contributed by atoms with van der Waals surface area (Å²) in [6, 6.07) is 6.75. The molecule has 3 heterocycles. The SMILES string of the molecule is NC(=O)[C@H]1CCc2c(sc3nc(CN4C(=O)CCC4=O)c(Cl)c(-c4ccc(O)cc4)c23)C1. The van der Waals surface area contributed by atoms with E-state index in [9.17, 15) is 19.5 Å². The average molecular weight is 470 g/mol. The quantitative estimate of drug-likeness (QED) is 0.567. The molecule has 0 spiro atoms. The maximum atomic E-state index is 12.2. The summed E-state index contributed by atoms with van der Waals surface area (Å²) in [4.78, 5) is 43.9. The second-order valence-corrected chi connectivity index (χ2v) is 9.66. The number of aryl methyl sites for hydroxylation is 1. The third-order valence-corrected chi connectivity index (χ3v) is 7.78. The first kappa shape index (κ1) is 20.9. The average Bonchev–Trinajstić information content (AvgIpc) is 3.28. The third-order valence-electron chi connectivity index (χ3n) is 6.23. The second-order valence-electron chi connectivity index (χ2n) is 8.19. The highest BCUT2D eigenvalue weighted by Gasteiger charge is 2.32. The number of carbonyl (C=O) groups is 3. The Morgan fingerprint density at radius 1 is 1.19 bits per heavy atom. The third kappa shape index (κ3) is 3.43. The number of hydrogen-bond acceptors (Lipinski definition) is 6. The monoisotopic (exact) mass is 469 g/mol. The molecule has 3 N–H and O–H groups in total. The van der Waals surface area contributed by atoms with Gasteiger partial charge in [0.15, 0.2) is 0 Å². The van der Waals surface area contributed by atoms with Gasteiger partial charge in [0.05, 0.1) is 17.3 Å². The summed E-state index contributed by atoms with van der Waals surface area (Å²) < 4.78 is 0. The topological polar surface area (TPSA) is 114 Å². The standard InChI is InChI=1S/C23H20ClN3O4S/c24-21-15(10-27-17(29)7-8-18(27)30)26-23-20(19(21)11-1-4-13(28)5-2-11)14-6-3-12(22(25)31)9-16(14)32-23/h1-2,4-5,12,28H,3,6-10H2,(H2,25,31)/t12-/m0/s1. The molecule has 3 aromatic rings. The molecule has 1 saturated heterocycles. The molecular weight excluding hydrogens is 450 g/mol. The molecule has 2 aliphatic rings. The number of pyridine rings is 1. The van der Waals surface area contributed by atoms with Crippen LogP contribution < -0.4 is 5.73 Å². The molecular formula is C23H20ClN3O4S. The molecule has 1 atom stereocenters. The number of imide groups is 1. The lowest BCUT2D eigenvalue weighted by molar-refractivity contribution is -0.139. The zero-order valence-corrected chi connectivity index (χ0v) is 18.6. The fraction of sp³-hybridized carbons (Fsp3) is 0.304. The van der Waals surface area contributed by atoms with Gasteiger partial charge in [0.25, 0.3) is 0 Å². The molecule has 1 aliphatic heterocycles. The van der Waals surface area contributed by atoms with E-state index in [0.29, 0.717) is 30.0 Å². The van der Waals surface area contributed by atoms with Gasteiger partial charge in [0.1, 0.15) is 10.6 Å². The number of primary amides is 1. The fourth-order valence-corrected chi connectivity index (χ4v) is 6.16. The number of likely N-dealkylation sites (tertiary alicyclic amines) is 1. The smallest absolute Gasteiger partial charge is 0.230 e. The lowest BCUT2D eigenvalue weighted by Gasteiger charge is -2.20. The number of halogens is 1. The Morgan fingerprint density at radius 3 is 2.53 bits per heavy atom. The van der Waals surface area contributed by atoms with Crippen LogP contribution in [0.5, 0.6) is 5.75 Å². The number of carbonyl (C=O) groups excluding carboxylic acids is 3. The van der Waals surface area contributed by atoms with Gasteiger partial charge in [-0.1, -0.05) is 23.7 Å². The van der Waals surface area contributed by atoms with E-state index in [2.05, 4.69) is 0 Å². The molecule has 1 aliphatic carbocycles. The van der Waals surface area contributed by atoms with Gasteiger partial charge in [0, 0.05) is 34.6 Å². The van der Waals surface area contributed by atoms with Crippen LogP contribution in [0.4, 0.5) is 0 Å². The van der Waals surface area contributed by atoms with Crippen molar-refractivity contribution in [3.8, 4) is 16.9 Å². The van der Waals surface area contributed by atoms with Crippen molar-refractivity contribution in [2.75, 3.05) is 0 Å². The molecule has 0 bridgehead atoms. The van der Waals surface area contributed by atoms with Gasteiger partial charge < -0.3 is 10.8 Å². The molecule has 32 heavy (non-hydrogen) atoms. The van der Waals surface area contributed by atoms with Gasteiger partial charge in [-0.15, -0.1) is 11.3 Å². The Hall–Kier alpha value is -2.97. The van der Waals surface area contributed by atoms with Crippen molar-refractivity contribution < 1.29 is 19.5 Å². The number of hydrogen-bond donors (Lipinski definition) is 2. The van der Waals surface area contributed by atoms with Crippen molar-refractivity contribution in [2.45, 2.75) is 38.6 Å². The van der Waals surface area contributed by atoms with Crippen molar-refractivity contribution >= 4 is 50.9 Å². The van der Waals surface area contributed by atoms with Crippen molar-refractivity contribution in [2.24, 2.45) is 11.7 Å². The second kappa shape index (κ2) is 7.86. The Kier molecular flexibility index (Phi) is 5.14. The van der Waals surface area contributed by atoms with Crippen LogP contribution in [0.25, 0.3) is 21.3 Å². The number of thiophene rings is 1. The van der Waals surface area contributed by atoms with Crippen LogP contribution in [-0.4, -0.2) is 32.7 Å². The summed E-state index contributed by atoms with van der Waals surface area (Å²) in [5.41, 5.74) is 8.69. The zero-order valence-electron chi connectivity index (χ0n) is 17.1. The lowest BCUT2D eigenvalue weighted by atomic mass is 9.86. The minimum absolute atomic E-state index is 0.0179. The van der Waals surface area contributed by atoms with E-state index in [4.69, 9.17) is 22.3 Å². The van der Waals surface area contributed by atoms with E-state index in [1.807, 2.05) is 0 Å². The summed E-state index contributed by atoms with van der Waals surface area (Å²) in [6.45, 7) is 0.0179. The molecule has 5 rings (SSSR count). The molecule has 9 heteroatoms. The van der Waals surface area contributed by atoms with Crippen LogP contribution in [0, 0.1) is 5.92 Å². The van der Waals surface area contributed by atoms with E-state index in [1.54, 1.807) is 24.3 Å². The van der Waals surface area contributed by atoms with Crippen molar-refractivity contribution in [1.29, 1.82) is 0 Å². The zero-order chi connectivity index (χ0) is 22.6. The molecule has 164 valence electrons. The number of fused-ring (bicyclic) bond motifs is 3. The number of amides is 3. The van der Waals surface area contributed by atoms with Crippen molar-refractivity contribution in [3.63, 3.8) is 0 Å². The number of phenolic OH excluding ortho intramolecular Hbond substituents is 1. The van der Waals surface area contributed by atoms with Crippen LogP contribution in [0.3, 0.4) is 0 Å². The van der Waals surface area contributed by atoms with Crippen LogP contribution in [-0.2, 0) is 33.8 Å². The predicted molar refractivity (Wildman–Crippen MR) is 121 cm³/mol. The van der Waals surface area contributed by atoms with E-state index in [1.165, 1.54) is 16.2 Å². The maximum Gasteiger partial charge on any atom is 0.230 e. The largest absolute Gasteiger partial charge is 0.508 e. The lowest BCUT2D eigenvalue weighted by Crippen LogP contribution is -2.29. The van der Waals surface area contributed by atoms with E-state index < -0.39 is 0 Å². The number of rotatable bonds is 4. The minimum Gasteiger partial charge on any atom is -0.508 e. The van der Waals surface area contributed by atoms with E-state index in [-0.39, 0.29) is 48.8 Å². The summed E-state index contributed by atoms with van der Waals surface area (Å²) in [6.07, 6.45) is 2.32. The fourth-order valence-electron chi connectivity index (χ4n) is 4.53. The number of phenols is 1. The van der Waals surface area contributed by atoms with Crippen LogP contribution in [0.1, 0.15) is 35.4 Å². The molecule has 0 radical (unpaired) electrons. The van der Waals surface area contributed by atoms with Gasteiger partial charge in [-0.25, -0.2) is 4.98 Å². The van der Waals surface area contributed by atoms with E-state index >= 15 is 0 Å². The summed E-state index contributed by atoms with van der Waals surface area (Å²) >= 11 is 8.37. The van der Waals surface area contributed by atoms with Gasteiger partial charge >= 0.3 is 0 Å². The highest BCUT2D eigenvalue weighted by molar-refractivity contribution is 7.19. The molecule has 2 aromatic heterocycles. The first-order valence-corrected chi connectivity index (χ1v) is 11.6. The first-order chi connectivity index (χ1) is 15.3. The Bertz CT molecular complexity index is 1270. The Labute approximate surface area is 192 Å². The van der Waals surface area contributed by atoms with Crippen LogP contribution in [0.15, 0.2) is 24.3 Å². The first-order valence-electron chi connectivity index (χ1n) is 10.4. The summed E-state index contributed by atoms with van der Waals surface area (Å²) in [7, 11) is 0. The molecule has 7 nitrogen and oxygen atoms in total.